The number of aromatic amines is 1. The molecule has 0 spiro atoms. The van der Waals surface area contributed by atoms with E-state index in [9.17, 15) is 17.6 Å². The predicted octanol–water partition coefficient (Wildman–Crippen LogP) is 1.05. The van der Waals surface area contributed by atoms with Gasteiger partial charge in [0.15, 0.2) is 5.03 Å². The molecular formula is C10H8FN3O4S. The van der Waals surface area contributed by atoms with E-state index < -0.39 is 32.4 Å². The third kappa shape index (κ3) is 2.55. The second kappa shape index (κ2) is 4.69. The van der Waals surface area contributed by atoms with Crippen molar-refractivity contribution in [1.29, 1.82) is 0 Å². The Morgan fingerprint density at radius 1 is 1.37 bits per heavy atom. The number of benzene rings is 1. The summed E-state index contributed by atoms with van der Waals surface area (Å²) in [7, 11) is -4.26. The number of carboxylic acids is 1. The molecule has 9 heteroatoms. The Morgan fingerprint density at radius 2 is 2.05 bits per heavy atom. The minimum absolute atomic E-state index is 0.284. The van der Waals surface area contributed by atoms with Crippen LogP contribution in [0.4, 0.5) is 10.1 Å². The highest BCUT2D eigenvalue weighted by atomic mass is 32.2. The Labute approximate surface area is 107 Å². The number of nitrogens with one attached hydrogen (secondary N) is 2. The summed E-state index contributed by atoms with van der Waals surface area (Å²) in [6.07, 6.45) is 0.859. The Bertz CT molecular complexity index is 726. The molecule has 0 unspecified atom stereocenters. The van der Waals surface area contributed by atoms with Gasteiger partial charge in [0.1, 0.15) is 11.4 Å². The van der Waals surface area contributed by atoms with Crippen molar-refractivity contribution < 1.29 is 22.7 Å². The summed E-state index contributed by atoms with van der Waals surface area (Å²) in [5, 5.41) is 13.6. The SMILES string of the molecule is O=C(O)c1cn[nH]c1S(=O)(=O)Nc1ccccc1F. The number of halogens is 1. The van der Waals surface area contributed by atoms with Gasteiger partial charge in [0.05, 0.1) is 11.9 Å². The van der Waals surface area contributed by atoms with Crippen LogP contribution in [-0.2, 0) is 10.0 Å². The molecule has 1 aromatic heterocycles. The number of carbonyl (C=O) groups is 1. The van der Waals surface area contributed by atoms with Crippen LogP contribution < -0.4 is 4.72 Å². The quantitative estimate of drug-likeness (QED) is 0.777. The highest BCUT2D eigenvalue weighted by Gasteiger charge is 2.25. The van der Waals surface area contributed by atoms with Crippen molar-refractivity contribution in [1.82, 2.24) is 10.2 Å². The van der Waals surface area contributed by atoms with Crippen LogP contribution in [0.1, 0.15) is 10.4 Å². The average Bonchev–Trinajstić information content (AvgIpc) is 2.82. The molecule has 0 amide bonds. The van der Waals surface area contributed by atoms with Gasteiger partial charge in [0, 0.05) is 0 Å². The summed E-state index contributed by atoms with van der Waals surface area (Å²) in [6, 6.07) is 5.12. The summed E-state index contributed by atoms with van der Waals surface area (Å²) in [4.78, 5) is 10.8. The fraction of sp³-hybridized carbons (Fsp3) is 0. The Hall–Kier alpha value is -2.42. The first-order valence-electron chi connectivity index (χ1n) is 4.96. The Balaban J connectivity index is 2.41. The lowest BCUT2D eigenvalue weighted by atomic mass is 10.3. The van der Waals surface area contributed by atoms with Crippen molar-refractivity contribution in [2.24, 2.45) is 0 Å². The highest BCUT2D eigenvalue weighted by molar-refractivity contribution is 7.92. The number of H-pyrrole nitrogens is 1. The molecule has 3 N–H and O–H groups in total. The summed E-state index contributed by atoms with van der Waals surface area (Å²) in [5.41, 5.74) is -0.808. The number of nitrogens with zero attached hydrogens (tertiary/aromatic N) is 1. The first-order chi connectivity index (χ1) is 8.92. The maximum Gasteiger partial charge on any atom is 0.340 e. The van der Waals surface area contributed by atoms with Gasteiger partial charge in [-0.1, -0.05) is 12.1 Å². The second-order valence-corrected chi connectivity index (χ2v) is 5.12. The Morgan fingerprint density at radius 3 is 2.68 bits per heavy atom. The van der Waals surface area contributed by atoms with Gasteiger partial charge in [0.25, 0.3) is 10.0 Å². The molecule has 1 heterocycles. The molecule has 0 radical (unpaired) electrons. The zero-order valence-electron chi connectivity index (χ0n) is 9.29. The van der Waals surface area contributed by atoms with E-state index in [0.29, 0.717) is 0 Å². The minimum Gasteiger partial charge on any atom is -0.478 e. The van der Waals surface area contributed by atoms with Gasteiger partial charge >= 0.3 is 5.97 Å². The molecule has 1 aromatic carbocycles. The molecule has 0 aliphatic heterocycles. The zero-order chi connectivity index (χ0) is 14.0. The van der Waals surface area contributed by atoms with Crippen molar-refractivity contribution in [3.8, 4) is 0 Å². The van der Waals surface area contributed by atoms with Crippen molar-refractivity contribution in [3.63, 3.8) is 0 Å². The van der Waals surface area contributed by atoms with E-state index in [4.69, 9.17) is 5.11 Å². The van der Waals surface area contributed by atoms with E-state index in [1.165, 1.54) is 18.2 Å². The molecule has 0 saturated carbocycles. The maximum absolute atomic E-state index is 13.4. The standard InChI is InChI=1S/C10H8FN3O4S/c11-7-3-1-2-4-8(7)14-19(17,18)9-6(10(15)16)5-12-13-9/h1-5,14H,(H,12,13)(H,15,16). The number of para-hydroxylation sites is 1. The number of hydrogen-bond donors (Lipinski definition) is 3. The molecule has 0 saturated heterocycles. The summed E-state index contributed by atoms with van der Waals surface area (Å²) < 4.78 is 39.2. The van der Waals surface area contributed by atoms with Gasteiger partial charge in [-0.25, -0.2) is 9.18 Å². The third-order valence-electron chi connectivity index (χ3n) is 2.22. The molecule has 0 aliphatic rings. The average molecular weight is 285 g/mol. The summed E-state index contributed by atoms with van der Waals surface area (Å²) in [5.74, 6) is -2.23. The van der Waals surface area contributed by atoms with E-state index >= 15 is 0 Å². The highest BCUT2D eigenvalue weighted by Crippen LogP contribution is 2.19. The van der Waals surface area contributed by atoms with Crippen molar-refractivity contribution >= 4 is 21.7 Å². The maximum atomic E-state index is 13.4. The number of aromatic carboxylic acids is 1. The number of hydrogen-bond acceptors (Lipinski definition) is 4. The zero-order valence-corrected chi connectivity index (χ0v) is 10.1. The molecule has 0 fully saturated rings. The van der Waals surface area contributed by atoms with Crippen LogP contribution in [0.25, 0.3) is 0 Å². The first kappa shape index (κ1) is 13.0. The smallest absolute Gasteiger partial charge is 0.340 e. The summed E-state index contributed by atoms with van der Waals surface area (Å²) >= 11 is 0. The number of rotatable bonds is 4. The fourth-order valence-electron chi connectivity index (χ4n) is 1.37. The molecular weight excluding hydrogens is 277 g/mol. The lowest BCUT2D eigenvalue weighted by Crippen LogP contribution is -2.17. The normalized spacial score (nSPS) is 11.2. The molecule has 0 bridgehead atoms. The van der Waals surface area contributed by atoms with Gasteiger partial charge in [-0.05, 0) is 12.1 Å². The lowest BCUT2D eigenvalue weighted by Gasteiger charge is -2.07. The number of carboxylic acid groups (broad SMARTS) is 1. The van der Waals surface area contributed by atoms with Gasteiger partial charge in [-0.2, -0.15) is 13.5 Å². The van der Waals surface area contributed by atoms with Crippen LogP contribution in [-0.4, -0.2) is 29.7 Å². The van der Waals surface area contributed by atoms with Gasteiger partial charge in [-0.15, -0.1) is 0 Å². The predicted molar refractivity (Wildman–Crippen MR) is 62.8 cm³/mol. The third-order valence-corrected chi connectivity index (χ3v) is 3.56. The van der Waals surface area contributed by atoms with Crippen LogP contribution in [0, 0.1) is 5.82 Å². The molecule has 2 rings (SSSR count). The van der Waals surface area contributed by atoms with Crippen LogP contribution in [0.3, 0.4) is 0 Å². The molecule has 0 aliphatic carbocycles. The van der Waals surface area contributed by atoms with E-state index in [1.807, 2.05) is 4.72 Å². The summed E-state index contributed by atoms with van der Waals surface area (Å²) in [6.45, 7) is 0. The number of sulfonamides is 1. The van der Waals surface area contributed by atoms with E-state index in [0.717, 1.165) is 12.3 Å². The fourth-order valence-corrected chi connectivity index (χ4v) is 2.53. The first-order valence-corrected chi connectivity index (χ1v) is 6.44. The number of aromatic nitrogens is 2. The van der Waals surface area contributed by atoms with Gasteiger partial charge < -0.3 is 5.11 Å². The largest absolute Gasteiger partial charge is 0.478 e. The van der Waals surface area contributed by atoms with Crippen LogP contribution >= 0.6 is 0 Å². The van der Waals surface area contributed by atoms with Crippen LogP contribution in [0.2, 0.25) is 0 Å². The van der Waals surface area contributed by atoms with Crippen molar-refractivity contribution in [2.45, 2.75) is 5.03 Å². The molecule has 0 atom stereocenters. The Kier molecular flexibility index (Phi) is 3.21. The molecule has 19 heavy (non-hydrogen) atoms. The molecule has 100 valence electrons. The van der Waals surface area contributed by atoms with Crippen LogP contribution in [0.5, 0.6) is 0 Å². The van der Waals surface area contributed by atoms with E-state index in [2.05, 4.69) is 10.2 Å². The molecule has 2 aromatic rings. The van der Waals surface area contributed by atoms with E-state index in [-0.39, 0.29) is 5.69 Å². The second-order valence-electron chi connectivity index (χ2n) is 3.50. The van der Waals surface area contributed by atoms with E-state index in [1.54, 1.807) is 0 Å². The van der Waals surface area contributed by atoms with Crippen molar-refractivity contribution in [2.75, 3.05) is 4.72 Å². The van der Waals surface area contributed by atoms with Gasteiger partial charge in [-0.3, -0.25) is 9.82 Å². The van der Waals surface area contributed by atoms with Crippen LogP contribution in [0.15, 0.2) is 35.5 Å². The van der Waals surface area contributed by atoms with Crippen molar-refractivity contribution in [3.05, 3.63) is 41.8 Å². The lowest BCUT2D eigenvalue weighted by molar-refractivity contribution is 0.0692. The number of anilines is 1. The topological polar surface area (TPSA) is 112 Å². The minimum atomic E-state index is -4.26. The van der Waals surface area contributed by atoms with Gasteiger partial charge in [0.2, 0.25) is 0 Å². The molecule has 7 nitrogen and oxygen atoms in total. The monoisotopic (exact) mass is 285 g/mol.